The zero-order valence-electron chi connectivity index (χ0n) is 11.3. The van der Waals surface area contributed by atoms with E-state index in [1.165, 1.54) is 0 Å². The molecule has 1 rings (SSSR count). The van der Waals surface area contributed by atoms with E-state index in [0.29, 0.717) is 17.1 Å². The minimum atomic E-state index is -0.449. The summed E-state index contributed by atoms with van der Waals surface area (Å²) in [5.74, 6) is -0.150. The van der Waals surface area contributed by atoms with Crippen molar-refractivity contribution >= 4 is 23.3 Å². The molecular weight excluding hydrogens is 250 g/mol. The molecule has 0 aliphatic heterocycles. The van der Waals surface area contributed by atoms with Crippen molar-refractivity contribution in [3.8, 4) is 0 Å². The second kappa shape index (κ2) is 5.61. The van der Waals surface area contributed by atoms with E-state index in [0.717, 1.165) is 5.56 Å². The van der Waals surface area contributed by atoms with Gasteiger partial charge in [-0.15, -0.1) is 0 Å². The Hall–Kier alpha value is -1.22. The number of carbonyl (C=O) groups excluding carboxylic acids is 1. The van der Waals surface area contributed by atoms with Gasteiger partial charge in [-0.25, -0.2) is 0 Å². The summed E-state index contributed by atoms with van der Waals surface area (Å²) < 4.78 is 5.29. The van der Waals surface area contributed by atoms with Crippen LogP contribution in [0.25, 0.3) is 0 Å². The minimum absolute atomic E-state index is 0.0550. The standard InChI is InChI=1S/C14H20ClNO2/c1-9(7-13(17)18-14(2,3)4)10-5-6-11(15)12(16)8-10/h5-6,8-9H,7,16H2,1-4H3. The van der Waals surface area contributed by atoms with E-state index in [4.69, 9.17) is 22.1 Å². The van der Waals surface area contributed by atoms with Gasteiger partial charge in [-0.2, -0.15) is 0 Å². The Bertz CT molecular complexity index is 438. The maximum atomic E-state index is 11.7. The highest BCUT2D eigenvalue weighted by Gasteiger charge is 2.19. The molecule has 0 fully saturated rings. The average Bonchev–Trinajstić information content (AvgIpc) is 2.18. The number of nitrogens with two attached hydrogens (primary N) is 1. The second-order valence-electron chi connectivity index (χ2n) is 5.47. The van der Waals surface area contributed by atoms with Gasteiger partial charge in [0.05, 0.1) is 17.1 Å². The highest BCUT2D eigenvalue weighted by atomic mass is 35.5. The summed E-state index contributed by atoms with van der Waals surface area (Å²) in [6.07, 6.45) is 0.332. The first-order chi connectivity index (χ1) is 8.19. The van der Waals surface area contributed by atoms with Crippen molar-refractivity contribution in [3.63, 3.8) is 0 Å². The molecule has 0 saturated carbocycles. The SMILES string of the molecule is CC(CC(=O)OC(C)(C)C)c1ccc(Cl)c(N)c1. The maximum absolute atomic E-state index is 11.7. The summed E-state index contributed by atoms with van der Waals surface area (Å²) in [7, 11) is 0. The number of benzene rings is 1. The lowest BCUT2D eigenvalue weighted by Crippen LogP contribution is -2.24. The molecule has 0 radical (unpaired) electrons. The Morgan fingerprint density at radius 1 is 1.44 bits per heavy atom. The lowest BCUT2D eigenvalue weighted by Gasteiger charge is -2.21. The molecule has 18 heavy (non-hydrogen) atoms. The van der Waals surface area contributed by atoms with Crippen molar-refractivity contribution < 1.29 is 9.53 Å². The van der Waals surface area contributed by atoms with Crippen molar-refractivity contribution in [2.24, 2.45) is 0 Å². The molecule has 0 heterocycles. The largest absolute Gasteiger partial charge is 0.460 e. The Morgan fingerprint density at radius 3 is 2.56 bits per heavy atom. The van der Waals surface area contributed by atoms with Gasteiger partial charge in [0, 0.05) is 0 Å². The van der Waals surface area contributed by atoms with Crippen LogP contribution >= 0.6 is 11.6 Å². The van der Waals surface area contributed by atoms with Gasteiger partial charge >= 0.3 is 5.97 Å². The van der Waals surface area contributed by atoms with Gasteiger partial charge in [-0.1, -0.05) is 24.6 Å². The number of rotatable bonds is 3. The third-order valence-electron chi connectivity index (χ3n) is 2.48. The molecule has 0 saturated heterocycles. The van der Waals surface area contributed by atoms with Crippen LogP contribution in [0.15, 0.2) is 18.2 Å². The van der Waals surface area contributed by atoms with E-state index in [1.807, 2.05) is 33.8 Å². The topological polar surface area (TPSA) is 52.3 Å². The zero-order valence-corrected chi connectivity index (χ0v) is 12.0. The van der Waals surface area contributed by atoms with E-state index in [-0.39, 0.29) is 11.9 Å². The Kier molecular flexibility index (Phi) is 4.63. The molecule has 0 spiro atoms. The normalized spacial score (nSPS) is 13.2. The van der Waals surface area contributed by atoms with E-state index >= 15 is 0 Å². The fourth-order valence-electron chi connectivity index (χ4n) is 1.62. The van der Waals surface area contributed by atoms with Crippen LogP contribution in [0.3, 0.4) is 0 Å². The molecule has 4 heteroatoms. The molecule has 100 valence electrons. The quantitative estimate of drug-likeness (QED) is 0.671. The first kappa shape index (κ1) is 14.8. The number of hydrogen-bond acceptors (Lipinski definition) is 3. The lowest BCUT2D eigenvalue weighted by atomic mass is 9.97. The van der Waals surface area contributed by atoms with Gasteiger partial charge in [0.1, 0.15) is 5.60 Å². The third kappa shape index (κ3) is 4.57. The molecule has 1 aromatic carbocycles. The Morgan fingerprint density at radius 2 is 2.06 bits per heavy atom. The van der Waals surface area contributed by atoms with E-state index in [1.54, 1.807) is 12.1 Å². The maximum Gasteiger partial charge on any atom is 0.306 e. The first-order valence-corrected chi connectivity index (χ1v) is 6.33. The van der Waals surface area contributed by atoms with E-state index < -0.39 is 5.60 Å². The molecule has 0 amide bonds. The van der Waals surface area contributed by atoms with Crippen LogP contribution in [0, 0.1) is 0 Å². The Labute approximate surface area is 113 Å². The predicted octanol–water partition coefficient (Wildman–Crippen LogP) is 3.76. The number of anilines is 1. The summed E-state index contributed by atoms with van der Waals surface area (Å²) in [6, 6.07) is 5.43. The highest BCUT2D eigenvalue weighted by molar-refractivity contribution is 6.33. The monoisotopic (exact) mass is 269 g/mol. The second-order valence-corrected chi connectivity index (χ2v) is 5.88. The zero-order chi connectivity index (χ0) is 13.9. The predicted molar refractivity (Wildman–Crippen MR) is 74.7 cm³/mol. The van der Waals surface area contributed by atoms with Gasteiger partial charge in [0.15, 0.2) is 0 Å². The molecule has 0 aromatic heterocycles. The molecule has 3 nitrogen and oxygen atoms in total. The molecule has 2 N–H and O–H groups in total. The molecule has 1 unspecified atom stereocenters. The van der Waals surface area contributed by atoms with Gasteiger partial charge in [0.2, 0.25) is 0 Å². The van der Waals surface area contributed by atoms with Gasteiger partial charge in [-0.3, -0.25) is 4.79 Å². The minimum Gasteiger partial charge on any atom is -0.460 e. The summed E-state index contributed by atoms with van der Waals surface area (Å²) in [6.45, 7) is 7.54. The van der Waals surface area contributed by atoms with Crippen LogP contribution in [0.1, 0.15) is 45.6 Å². The van der Waals surface area contributed by atoms with Crippen molar-refractivity contribution in [1.29, 1.82) is 0 Å². The number of esters is 1. The summed E-state index contributed by atoms with van der Waals surface area (Å²) >= 11 is 5.86. The fourth-order valence-corrected chi connectivity index (χ4v) is 1.74. The highest BCUT2D eigenvalue weighted by Crippen LogP contribution is 2.26. The molecule has 1 aromatic rings. The summed E-state index contributed by atoms with van der Waals surface area (Å²) in [5.41, 5.74) is 6.82. The van der Waals surface area contributed by atoms with Crippen LogP contribution in [-0.2, 0) is 9.53 Å². The number of carbonyl (C=O) groups is 1. The van der Waals surface area contributed by atoms with Crippen molar-refractivity contribution in [2.45, 2.75) is 45.6 Å². The van der Waals surface area contributed by atoms with Crippen molar-refractivity contribution in [3.05, 3.63) is 28.8 Å². The first-order valence-electron chi connectivity index (χ1n) is 5.96. The van der Waals surface area contributed by atoms with Crippen molar-refractivity contribution in [1.82, 2.24) is 0 Å². The number of ether oxygens (including phenoxy) is 1. The van der Waals surface area contributed by atoms with E-state index in [9.17, 15) is 4.79 Å². The third-order valence-corrected chi connectivity index (χ3v) is 2.83. The smallest absolute Gasteiger partial charge is 0.306 e. The average molecular weight is 270 g/mol. The summed E-state index contributed by atoms with van der Waals surface area (Å²) in [5, 5.41) is 0.531. The Balaban J connectivity index is 2.68. The van der Waals surface area contributed by atoms with Crippen LogP contribution in [-0.4, -0.2) is 11.6 Å². The molecule has 0 aliphatic rings. The molecular formula is C14H20ClNO2. The lowest BCUT2D eigenvalue weighted by molar-refractivity contribution is -0.155. The van der Waals surface area contributed by atoms with E-state index in [2.05, 4.69) is 0 Å². The van der Waals surface area contributed by atoms with Crippen LogP contribution in [0.5, 0.6) is 0 Å². The van der Waals surface area contributed by atoms with Crippen molar-refractivity contribution in [2.75, 3.05) is 5.73 Å². The summed E-state index contributed by atoms with van der Waals surface area (Å²) in [4.78, 5) is 11.7. The molecule has 1 atom stereocenters. The molecule has 0 aliphatic carbocycles. The number of halogens is 1. The van der Waals surface area contributed by atoms with Gasteiger partial charge in [-0.05, 0) is 44.4 Å². The van der Waals surface area contributed by atoms with Crippen LogP contribution in [0.2, 0.25) is 5.02 Å². The van der Waals surface area contributed by atoms with Crippen LogP contribution < -0.4 is 5.73 Å². The number of hydrogen-bond donors (Lipinski definition) is 1. The number of nitrogen functional groups attached to an aromatic ring is 1. The van der Waals surface area contributed by atoms with Gasteiger partial charge in [0.25, 0.3) is 0 Å². The van der Waals surface area contributed by atoms with Gasteiger partial charge < -0.3 is 10.5 Å². The fraction of sp³-hybridized carbons (Fsp3) is 0.500. The molecule has 0 bridgehead atoms. The van der Waals surface area contributed by atoms with Crippen LogP contribution in [0.4, 0.5) is 5.69 Å².